The quantitative estimate of drug-likeness (QED) is 0.433. The van der Waals surface area contributed by atoms with Gasteiger partial charge in [-0.1, -0.05) is 18.6 Å². The van der Waals surface area contributed by atoms with Crippen molar-refractivity contribution >= 4 is 5.71 Å². The van der Waals surface area contributed by atoms with Gasteiger partial charge in [0, 0.05) is 11.9 Å². The highest BCUT2D eigenvalue weighted by Crippen LogP contribution is 1.97. The molecule has 0 radical (unpaired) electrons. The highest BCUT2D eigenvalue weighted by atomic mass is 14.7. The van der Waals surface area contributed by atoms with Crippen molar-refractivity contribution in [2.75, 3.05) is 0 Å². The minimum atomic E-state index is 1.09. The summed E-state index contributed by atoms with van der Waals surface area (Å²) in [6, 6.07) is 0. The van der Waals surface area contributed by atoms with Crippen molar-refractivity contribution < 1.29 is 0 Å². The molecule has 0 atom stereocenters. The van der Waals surface area contributed by atoms with E-state index in [0.29, 0.717) is 0 Å². The molecule has 0 aromatic carbocycles. The van der Waals surface area contributed by atoms with Crippen LogP contribution in [0.15, 0.2) is 28.9 Å². The first kappa shape index (κ1) is 10.2. The van der Waals surface area contributed by atoms with Crippen molar-refractivity contribution in [3.63, 3.8) is 0 Å². The first-order chi connectivity index (χ1) is 5.16. The molecule has 0 aromatic heterocycles. The van der Waals surface area contributed by atoms with Crippen LogP contribution < -0.4 is 0 Å². The van der Waals surface area contributed by atoms with E-state index in [4.69, 9.17) is 0 Å². The summed E-state index contributed by atoms with van der Waals surface area (Å²) in [7, 11) is 0. The molecule has 0 fully saturated rings. The van der Waals surface area contributed by atoms with Gasteiger partial charge in [0.05, 0.1) is 0 Å². The molecule has 0 rings (SSSR count). The maximum Gasteiger partial charge on any atom is 0.0266 e. The fourth-order valence-corrected chi connectivity index (χ4v) is 0.517. The van der Waals surface area contributed by atoms with Crippen LogP contribution in [0.4, 0.5) is 0 Å². The Hall–Kier alpha value is -0.850. The Bertz CT molecular complexity index is 181. The number of aliphatic imine (C=N–C) groups is 1. The van der Waals surface area contributed by atoms with Gasteiger partial charge in [0.25, 0.3) is 0 Å². The standard InChI is InChI=1S/C10H17N/c1-5-10(4)7-6-8-11-9(2)3/h6-8H,5H2,1-4H3/b8-6-,10-7+. The van der Waals surface area contributed by atoms with E-state index >= 15 is 0 Å². The van der Waals surface area contributed by atoms with Crippen LogP contribution in [0.2, 0.25) is 0 Å². The van der Waals surface area contributed by atoms with Crippen LogP contribution in [0.5, 0.6) is 0 Å². The number of hydrogen-bond donors (Lipinski definition) is 0. The molecule has 0 aliphatic rings. The van der Waals surface area contributed by atoms with Crippen molar-refractivity contribution in [3.05, 3.63) is 23.9 Å². The summed E-state index contributed by atoms with van der Waals surface area (Å²) in [6.45, 7) is 8.24. The summed E-state index contributed by atoms with van der Waals surface area (Å²) >= 11 is 0. The van der Waals surface area contributed by atoms with Gasteiger partial charge in [-0.3, -0.25) is 4.99 Å². The normalized spacial score (nSPS) is 12.2. The van der Waals surface area contributed by atoms with Crippen LogP contribution in [0, 0.1) is 0 Å². The van der Waals surface area contributed by atoms with E-state index in [0.717, 1.165) is 12.1 Å². The number of rotatable bonds is 3. The summed E-state index contributed by atoms with van der Waals surface area (Å²) in [5.74, 6) is 0. The molecule has 0 aromatic rings. The maximum atomic E-state index is 4.12. The molecule has 0 aliphatic heterocycles. The van der Waals surface area contributed by atoms with Gasteiger partial charge in [0.15, 0.2) is 0 Å². The number of hydrogen-bond acceptors (Lipinski definition) is 1. The second kappa shape index (κ2) is 5.90. The lowest BCUT2D eigenvalue weighted by atomic mass is 10.2. The first-order valence-corrected chi connectivity index (χ1v) is 4.00. The lowest BCUT2D eigenvalue weighted by Gasteiger charge is -1.88. The van der Waals surface area contributed by atoms with E-state index in [-0.39, 0.29) is 0 Å². The van der Waals surface area contributed by atoms with E-state index < -0.39 is 0 Å². The summed E-state index contributed by atoms with van der Waals surface area (Å²) < 4.78 is 0. The summed E-state index contributed by atoms with van der Waals surface area (Å²) in [4.78, 5) is 4.12. The van der Waals surface area contributed by atoms with Gasteiger partial charge in [-0.2, -0.15) is 0 Å². The predicted molar refractivity (Wildman–Crippen MR) is 52.0 cm³/mol. The van der Waals surface area contributed by atoms with Crippen molar-refractivity contribution in [2.24, 2.45) is 4.99 Å². The third-order valence-corrected chi connectivity index (χ3v) is 1.36. The van der Waals surface area contributed by atoms with Crippen LogP contribution in [0.3, 0.4) is 0 Å². The molecule has 0 aliphatic carbocycles. The van der Waals surface area contributed by atoms with Gasteiger partial charge in [-0.25, -0.2) is 0 Å². The third kappa shape index (κ3) is 7.04. The van der Waals surface area contributed by atoms with Crippen LogP contribution in [-0.4, -0.2) is 5.71 Å². The van der Waals surface area contributed by atoms with E-state index in [1.807, 2.05) is 26.1 Å². The van der Waals surface area contributed by atoms with Crippen molar-refractivity contribution in [2.45, 2.75) is 34.1 Å². The fraction of sp³-hybridized carbons (Fsp3) is 0.500. The van der Waals surface area contributed by atoms with Crippen LogP contribution in [0.1, 0.15) is 34.1 Å². The van der Waals surface area contributed by atoms with E-state index in [1.165, 1.54) is 5.57 Å². The highest BCUT2D eigenvalue weighted by molar-refractivity contribution is 5.79. The molecule has 1 heteroatoms. The van der Waals surface area contributed by atoms with Crippen LogP contribution in [-0.2, 0) is 0 Å². The zero-order valence-electron chi connectivity index (χ0n) is 7.89. The van der Waals surface area contributed by atoms with Crippen molar-refractivity contribution in [1.29, 1.82) is 0 Å². The molecule has 0 bridgehead atoms. The average molecular weight is 151 g/mol. The first-order valence-electron chi connectivity index (χ1n) is 4.00. The zero-order chi connectivity index (χ0) is 8.69. The molecule has 0 spiro atoms. The Kier molecular flexibility index (Phi) is 5.44. The second-order valence-corrected chi connectivity index (χ2v) is 2.78. The SMILES string of the molecule is CC/C(C)=C/C=C\N=C(C)C. The lowest BCUT2D eigenvalue weighted by molar-refractivity contribution is 1.10. The molecule has 0 heterocycles. The second-order valence-electron chi connectivity index (χ2n) is 2.78. The van der Waals surface area contributed by atoms with Crippen LogP contribution >= 0.6 is 0 Å². The molecule has 0 N–H and O–H groups in total. The zero-order valence-corrected chi connectivity index (χ0v) is 7.89. The minimum Gasteiger partial charge on any atom is -0.266 e. The third-order valence-electron chi connectivity index (χ3n) is 1.36. The summed E-state index contributed by atoms with van der Waals surface area (Å²) in [6.07, 6.45) is 7.01. The van der Waals surface area contributed by atoms with Crippen molar-refractivity contribution in [1.82, 2.24) is 0 Å². The van der Waals surface area contributed by atoms with Crippen molar-refractivity contribution in [3.8, 4) is 0 Å². The largest absolute Gasteiger partial charge is 0.266 e. The minimum absolute atomic E-state index is 1.09. The van der Waals surface area contributed by atoms with Gasteiger partial charge in [0.2, 0.25) is 0 Å². The van der Waals surface area contributed by atoms with Gasteiger partial charge in [-0.15, -0.1) is 0 Å². The maximum absolute atomic E-state index is 4.12. The Morgan fingerprint density at radius 3 is 2.36 bits per heavy atom. The number of allylic oxidation sites excluding steroid dienone is 3. The molecule has 1 nitrogen and oxygen atoms in total. The number of nitrogens with zero attached hydrogens (tertiary/aromatic N) is 1. The monoisotopic (exact) mass is 151 g/mol. The van der Waals surface area contributed by atoms with Gasteiger partial charge >= 0.3 is 0 Å². The highest BCUT2D eigenvalue weighted by Gasteiger charge is 1.77. The van der Waals surface area contributed by atoms with Gasteiger partial charge in [-0.05, 0) is 33.3 Å². The molecule has 11 heavy (non-hydrogen) atoms. The molecule has 62 valence electrons. The van der Waals surface area contributed by atoms with Gasteiger partial charge in [0.1, 0.15) is 0 Å². The summed E-state index contributed by atoms with van der Waals surface area (Å²) in [5.41, 5.74) is 2.47. The Labute approximate surface area is 69.5 Å². The van der Waals surface area contributed by atoms with E-state index in [1.54, 1.807) is 0 Å². The van der Waals surface area contributed by atoms with E-state index in [2.05, 4.69) is 24.9 Å². The van der Waals surface area contributed by atoms with Gasteiger partial charge < -0.3 is 0 Å². The molecular weight excluding hydrogens is 134 g/mol. The molecular formula is C10H17N. The molecule has 0 amide bonds. The molecule has 0 saturated carbocycles. The predicted octanol–water partition coefficient (Wildman–Crippen LogP) is 3.34. The Morgan fingerprint density at radius 2 is 1.91 bits per heavy atom. The average Bonchev–Trinajstić information content (AvgIpc) is 1.97. The fourth-order valence-electron chi connectivity index (χ4n) is 0.517. The topological polar surface area (TPSA) is 12.4 Å². The van der Waals surface area contributed by atoms with E-state index in [9.17, 15) is 0 Å². The Morgan fingerprint density at radius 1 is 1.27 bits per heavy atom. The Balaban J connectivity index is 3.87. The smallest absolute Gasteiger partial charge is 0.0266 e. The molecule has 0 saturated heterocycles. The summed E-state index contributed by atoms with van der Waals surface area (Å²) in [5, 5.41) is 0. The lowest BCUT2D eigenvalue weighted by Crippen LogP contribution is -1.75. The molecule has 0 unspecified atom stereocenters. The van der Waals surface area contributed by atoms with Crippen LogP contribution in [0.25, 0.3) is 0 Å².